The van der Waals surface area contributed by atoms with Crippen molar-refractivity contribution in [1.82, 2.24) is 10.2 Å². The van der Waals surface area contributed by atoms with E-state index < -0.39 is 11.6 Å². The Bertz CT molecular complexity index is 631. The number of aryl methyl sites for hydroxylation is 1. The molecule has 2 fully saturated rings. The molecule has 0 bridgehead atoms. The van der Waals surface area contributed by atoms with Gasteiger partial charge in [0, 0.05) is 12.6 Å². The molecule has 2 atom stereocenters. The molecule has 23 heavy (non-hydrogen) atoms. The molecule has 2 heterocycles. The van der Waals surface area contributed by atoms with Gasteiger partial charge in [-0.2, -0.15) is 0 Å². The fourth-order valence-electron chi connectivity index (χ4n) is 3.66. The number of nitrogens with zero attached hydrogens (tertiary/aromatic N) is 1. The van der Waals surface area contributed by atoms with Crippen LogP contribution in [0.3, 0.4) is 0 Å². The van der Waals surface area contributed by atoms with Gasteiger partial charge in [0.05, 0.1) is 6.42 Å². The number of rotatable bonds is 3. The van der Waals surface area contributed by atoms with E-state index in [2.05, 4.69) is 5.32 Å². The van der Waals surface area contributed by atoms with Crippen molar-refractivity contribution in [2.24, 2.45) is 0 Å². The zero-order chi connectivity index (χ0) is 16.4. The van der Waals surface area contributed by atoms with E-state index in [0.29, 0.717) is 19.3 Å². The number of benzene rings is 1. The second-order valence-corrected chi connectivity index (χ2v) is 6.34. The zero-order valence-electron chi connectivity index (χ0n) is 12.8. The lowest BCUT2D eigenvalue weighted by atomic mass is 9.79. The third-order valence-corrected chi connectivity index (χ3v) is 4.89. The van der Waals surface area contributed by atoms with Crippen molar-refractivity contribution in [1.29, 1.82) is 0 Å². The van der Waals surface area contributed by atoms with Gasteiger partial charge < -0.3 is 15.3 Å². The minimum absolute atomic E-state index is 0.0848. The summed E-state index contributed by atoms with van der Waals surface area (Å²) in [7, 11) is 0. The van der Waals surface area contributed by atoms with Crippen LogP contribution in [0.2, 0.25) is 0 Å². The minimum Gasteiger partial charge on any atom is -0.465 e. The van der Waals surface area contributed by atoms with Crippen LogP contribution in [-0.2, 0) is 16.0 Å². The molecule has 2 saturated heterocycles. The van der Waals surface area contributed by atoms with Gasteiger partial charge in [0.15, 0.2) is 5.78 Å². The highest BCUT2D eigenvalue weighted by atomic mass is 16.4. The molecular formula is C17H20N2O4. The smallest absolute Gasteiger partial charge is 0.407 e. The second kappa shape index (κ2) is 6.02. The monoisotopic (exact) mass is 316 g/mol. The molecule has 0 unspecified atom stereocenters. The lowest BCUT2D eigenvalue weighted by Crippen LogP contribution is -2.59. The molecule has 122 valence electrons. The average molecular weight is 316 g/mol. The van der Waals surface area contributed by atoms with Crippen LogP contribution < -0.4 is 5.32 Å². The molecule has 0 saturated carbocycles. The van der Waals surface area contributed by atoms with E-state index in [1.165, 1.54) is 4.90 Å². The molecule has 2 aliphatic heterocycles. The molecule has 3 rings (SSSR count). The SMILES string of the molecule is O=C1CC(=O)[C@]2(CCN(C(=O)O)[C@@H](CCc3ccccc3)C2)N1. The van der Waals surface area contributed by atoms with Crippen LogP contribution in [0.5, 0.6) is 0 Å². The average Bonchev–Trinajstić information content (AvgIpc) is 2.79. The number of carboxylic acid groups (broad SMARTS) is 1. The highest BCUT2D eigenvalue weighted by molar-refractivity contribution is 6.10. The number of carbonyl (C=O) groups is 3. The van der Waals surface area contributed by atoms with E-state index in [4.69, 9.17) is 0 Å². The van der Waals surface area contributed by atoms with Crippen LogP contribution in [0.25, 0.3) is 0 Å². The van der Waals surface area contributed by atoms with Crippen LogP contribution in [-0.4, -0.2) is 45.9 Å². The summed E-state index contributed by atoms with van der Waals surface area (Å²) in [5, 5.41) is 12.2. The van der Waals surface area contributed by atoms with E-state index in [0.717, 1.165) is 12.0 Å². The number of Topliss-reactive ketones (excluding diaryl/α,β-unsaturated/α-hetero) is 1. The Labute approximate surface area is 134 Å². The van der Waals surface area contributed by atoms with Crippen molar-refractivity contribution >= 4 is 17.8 Å². The van der Waals surface area contributed by atoms with Crippen LogP contribution in [0.4, 0.5) is 4.79 Å². The first-order chi connectivity index (χ1) is 11.0. The summed E-state index contributed by atoms with van der Waals surface area (Å²) in [6, 6.07) is 9.60. The second-order valence-electron chi connectivity index (χ2n) is 6.34. The molecule has 1 spiro atoms. The summed E-state index contributed by atoms with van der Waals surface area (Å²) in [5.74, 6) is -0.349. The topological polar surface area (TPSA) is 86.7 Å². The number of amides is 2. The summed E-state index contributed by atoms with van der Waals surface area (Å²) in [6.07, 6.45) is 1.07. The zero-order valence-corrected chi connectivity index (χ0v) is 12.8. The summed E-state index contributed by atoms with van der Waals surface area (Å²) in [5.41, 5.74) is 0.281. The van der Waals surface area contributed by atoms with E-state index >= 15 is 0 Å². The third kappa shape index (κ3) is 3.06. The molecule has 2 N–H and O–H groups in total. The standard InChI is InChI=1S/C17H20N2O4/c20-14-10-15(21)18-17(14)8-9-19(16(22)23)13(11-17)7-6-12-4-2-1-3-5-12/h1-5,13H,6-11H2,(H,18,21)(H,22,23)/t13-,17+/m0/s1. The number of piperidine rings is 1. The summed E-state index contributed by atoms with van der Waals surface area (Å²) in [4.78, 5) is 36.7. The van der Waals surface area contributed by atoms with Crippen molar-refractivity contribution in [2.45, 2.75) is 43.7 Å². The fraction of sp³-hybridized carbons (Fsp3) is 0.471. The number of nitrogens with one attached hydrogen (secondary N) is 1. The molecule has 0 aromatic heterocycles. The van der Waals surface area contributed by atoms with Gasteiger partial charge in [-0.15, -0.1) is 0 Å². The predicted octanol–water partition coefficient (Wildman–Crippen LogP) is 1.59. The largest absolute Gasteiger partial charge is 0.465 e. The van der Waals surface area contributed by atoms with Gasteiger partial charge >= 0.3 is 6.09 Å². The first-order valence-corrected chi connectivity index (χ1v) is 7.88. The Morgan fingerprint density at radius 1 is 1.30 bits per heavy atom. The lowest BCUT2D eigenvalue weighted by Gasteiger charge is -2.42. The van der Waals surface area contributed by atoms with E-state index in [1.54, 1.807) is 0 Å². The number of likely N-dealkylation sites (tertiary alicyclic amines) is 1. The first-order valence-electron chi connectivity index (χ1n) is 7.88. The van der Waals surface area contributed by atoms with Crippen molar-refractivity contribution in [3.63, 3.8) is 0 Å². The van der Waals surface area contributed by atoms with E-state index in [9.17, 15) is 19.5 Å². The molecule has 2 amide bonds. The quantitative estimate of drug-likeness (QED) is 0.829. The Morgan fingerprint density at radius 2 is 2.04 bits per heavy atom. The van der Waals surface area contributed by atoms with Crippen molar-refractivity contribution in [3.8, 4) is 0 Å². The van der Waals surface area contributed by atoms with Crippen molar-refractivity contribution < 1.29 is 19.5 Å². The van der Waals surface area contributed by atoms with Gasteiger partial charge in [0.2, 0.25) is 5.91 Å². The molecule has 2 aliphatic rings. The molecule has 1 aromatic rings. The Morgan fingerprint density at radius 3 is 2.65 bits per heavy atom. The number of hydrogen-bond acceptors (Lipinski definition) is 3. The van der Waals surface area contributed by atoms with Gasteiger partial charge in [0.1, 0.15) is 5.54 Å². The maximum atomic E-state index is 12.2. The van der Waals surface area contributed by atoms with Crippen LogP contribution >= 0.6 is 0 Å². The highest BCUT2D eigenvalue weighted by Gasteiger charge is 2.50. The maximum Gasteiger partial charge on any atom is 0.407 e. The van der Waals surface area contributed by atoms with Crippen molar-refractivity contribution in [2.75, 3.05) is 6.54 Å². The van der Waals surface area contributed by atoms with Crippen molar-refractivity contribution in [3.05, 3.63) is 35.9 Å². The predicted molar refractivity (Wildman–Crippen MR) is 83.0 cm³/mol. The summed E-state index contributed by atoms with van der Waals surface area (Å²) < 4.78 is 0. The molecule has 0 aliphatic carbocycles. The normalized spacial score (nSPS) is 27.3. The van der Waals surface area contributed by atoms with Gasteiger partial charge in [-0.25, -0.2) is 4.79 Å². The van der Waals surface area contributed by atoms with Crippen LogP contribution in [0, 0.1) is 0 Å². The fourth-order valence-corrected chi connectivity index (χ4v) is 3.66. The Kier molecular flexibility index (Phi) is 4.07. The van der Waals surface area contributed by atoms with E-state index in [-0.39, 0.29) is 30.7 Å². The van der Waals surface area contributed by atoms with Gasteiger partial charge in [0.25, 0.3) is 0 Å². The first kappa shape index (κ1) is 15.5. The van der Waals surface area contributed by atoms with Gasteiger partial charge in [-0.05, 0) is 31.2 Å². The number of hydrogen-bond donors (Lipinski definition) is 2. The highest BCUT2D eigenvalue weighted by Crippen LogP contribution is 2.34. The molecule has 1 aromatic carbocycles. The number of carbonyl (C=O) groups excluding carboxylic acids is 2. The number of ketones is 1. The lowest BCUT2D eigenvalue weighted by molar-refractivity contribution is -0.124. The molecule has 6 heteroatoms. The Balaban J connectivity index is 1.74. The van der Waals surface area contributed by atoms with Crippen LogP contribution in [0.1, 0.15) is 31.2 Å². The van der Waals surface area contributed by atoms with Crippen LogP contribution in [0.15, 0.2) is 30.3 Å². The summed E-state index contributed by atoms with van der Waals surface area (Å²) >= 11 is 0. The molecule has 0 radical (unpaired) electrons. The van der Waals surface area contributed by atoms with E-state index in [1.807, 2.05) is 30.3 Å². The Hall–Kier alpha value is -2.37. The third-order valence-electron chi connectivity index (χ3n) is 4.89. The van der Waals surface area contributed by atoms with Gasteiger partial charge in [-0.3, -0.25) is 9.59 Å². The molecule has 6 nitrogen and oxygen atoms in total. The summed E-state index contributed by atoms with van der Waals surface area (Å²) in [6.45, 7) is 0.279. The molecular weight excluding hydrogens is 296 g/mol. The van der Waals surface area contributed by atoms with Gasteiger partial charge in [-0.1, -0.05) is 30.3 Å². The maximum absolute atomic E-state index is 12.2. The minimum atomic E-state index is -0.963.